The van der Waals surface area contributed by atoms with Crippen molar-refractivity contribution in [2.24, 2.45) is 0 Å². The van der Waals surface area contributed by atoms with Crippen molar-refractivity contribution in [2.75, 3.05) is 14.2 Å². The second kappa shape index (κ2) is 9.88. The van der Waals surface area contributed by atoms with Crippen molar-refractivity contribution < 1.29 is 23.4 Å². The zero-order chi connectivity index (χ0) is 24.2. The van der Waals surface area contributed by atoms with Gasteiger partial charge in [-0.3, -0.25) is 19.1 Å². The highest BCUT2D eigenvalue weighted by molar-refractivity contribution is 6.30. The summed E-state index contributed by atoms with van der Waals surface area (Å²) in [6, 6.07) is 10.7. The Balaban J connectivity index is 1.82. The number of methoxy groups -OCH3 is 2. The number of carbonyl (C=O) groups excluding carboxylic acids is 1. The van der Waals surface area contributed by atoms with Crippen LogP contribution in [0.2, 0.25) is 5.02 Å². The molecule has 0 saturated carbocycles. The van der Waals surface area contributed by atoms with E-state index in [1.54, 1.807) is 25.3 Å². The van der Waals surface area contributed by atoms with Gasteiger partial charge in [-0.05, 0) is 30.3 Å². The van der Waals surface area contributed by atoms with Crippen molar-refractivity contribution in [3.63, 3.8) is 0 Å². The lowest BCUT2D eigenvalue weighted by Crippen LogP contribution is -2.27. The number of fused-ring (bicyclic) bond motifs is 1. The van der Waals surface area contributed by atoms with Gasteiger partial charge in [0.15, 0.2) is 12.1 Å². The number of aldehydes is 1. The number of rotatable bonds is 8. The summed E-state index contributed by atoms with van der Waals surface area (Å²) in [6.45, 7) is -0.0463. The zero-order valence-electron chi connectivity index (χ0n) is 18.2. The number of halogens is 2. The summed E-state index contributed by atoms with van der Waals surface area (Å²) in [5.41, 5.74) is 0.512. The SMILES string of the molecule is COc1ccc(Cn2c(COc3ccc(F)c(Cl)c3)nc3c(C=O)nccc3c2=O)c(OC)c1. The van der Waals surface area contributed by atoms with Gasteiger partial charge < -0.3 is 14.2 Å². The van der Waals surface area contributed by atoms with Crippen LogP contribution in [0, 0.1) is 5.82 Å². The maximum Gasteiger partial charge on any atom is 0.261 e. The summed E-state index contributed by atoms with van der Waals surface area (Å²) < 4.78 is 31.4. The molecule has 0 aliphatic carbocycles. The normalized spacial score (nSPS) is 10.8. The minimum absolute atomic E-state index is 0.0369. The number of ether oxygens (including phenoxy) is 3. The Morgan fingerprint density at radius 1 is 1.09 bits per heavy atom. The van der Waals surface area contributed by atoms with Crippen molar-refractivity contribution in [3.8, 4) is 17.2 Å². The molecule has 4 rings (SSSR count). The van der Waals surface area contributed by atoms with Gasteiger partial charge in [-0.25, -0.2) is 9.37 Å². The van der Waals surface area contributed by atoms with Crippen LogP contribution in [0.1, 0.15) is 21.9 Å². The van der Waals surface area contributed by atoms with Gasteiger partial charge in [0.2, 0.25) is 0 Å². The average molecular weight is 484 g/mol. The van der Waals surface area contributed by atoms with Crippen molar-refractivity contribution in [2.45, 2.75) is 13.2 Å². The first-order valence-electron chi connectivity index (χ1n) is 10.1. The molecule has 0 amide bonds. The van der Waals surface area contributed by atoms with E-state index in [4.69, 9.17) is 25.8 Å². The van der Waals surface area contributed by atoms with Gasteiger partial charge in [-0.2, -0.15) is 0 Å². The Bertz CT molecular complexity index is 1440. The molecule has 174 valence electrons. The van der Waals surface area contributed by atoms with Crippen LogP contribution in [0.4, 0.5) is 4.39 Å². The molecule has 34 heavy (non-hydrogen) atoms. The molecular formula is C24H19ClFN3O5. The fourth-order valence-electron chi connectivity index (χ4n) is 3.44. The number of nitrogens with zero attached hydrogens (tertiary/aromatic N) is 3. The Morgan fingerprint density at radius 3 is 2.59 bits per heavy atom. The summed E-state index contributed by atoms with van der Waals surface area (Å²) in [5.74, 6) is 1.06. The van der Waals surface area contributed by atoms with E-state index in [0.717, 1.165) is 0 Å². The van der Waals surface area contributed by atoms with Crippen molar-refractivity contribution in [1.82, 2.24) is 14.5 Å². The van der Waals surface area contributed by atoms with E-state index in [1.165, 1.54) is 42.1 Å². The van der Waals surface area contributed by atoms with Crippen LogP contribution in [-0.2, 0) is 13.2 Å². The molecule has 0 atom stereocenters. The molecular weight excluding hydrogens is 465 g/mol. The standard InChI is InChI=1S/C24H19ClFN3O5/c1-32-15-4-3-14(21(10-15)33-2)11-29-22(13-34-16-5-6-19(26)18(25)9-16)28-23-17(24(29)31)7-8-27-20(23)12-30/h3-10,12H,11,13H2,1-2H3. The van der Waals surface area contributed by atoms with Gasteiger partial charge in [0.25, 0.3) is 5.56 Å². The summed E-state index contributed by atoms with van der Waals surface area (Å²) in [7, 11) is 3.06. The van der Waals surface area contributed by atoms with E-state index in [1.807, 2.05) is 0 Å². The monoisotopic (exact) mass is 483 g/mol. The van der Waals surface area contributed by atoms with Crippen LogP contribution >= 0.6 is 11.6 Å². The number of aromatic nitrogens is 3. The van der Waals surface area contributed by atoms with Crippen molar-refractivity contribution >= 4 is 28.8 Å². The second-order valence-corrected chi connectivity index (χ2v) is 7.58. The van der Waals surface area contributed by atoms with E-state index < -0.39 is 5.82 Å². The fourth-order valence-corrected chi connectivity index (χ4v) is 3.61. The minimum atomic E-state index is -0.581. The van der Waals surface area contributed by atoms with E-state index in [0.29, 0.717) is 23.3 Å². The van der Waals surface area contributed by atoms with Crippen molar-refractivity contribution in [1.29, 1.82) is 0 Å². The molecule has 2 aromatic carbocycles. The lowest BCUT2D eigenvalue weighted by Gasteiger charge is -2.17. The van der Waals surface area contributed by atoms with Gasteiger partial charge >= 0.3 is 0 Å². The number of hydrogen-bond acceptors (Lipinski definition) is 7. The molecule has 0 spiro atoms. The maximum atomic E-state index is 13.5. The zero-order valence-corrected chi connectivity index (χ0v) is 19.0. The van der Waals surface area contributed by atoms with Crippen LogP contribution in [0.5, 0.6) is 17.2 Å². The van der Waals surface area contributed by atoms with Crippen LogP contribution in [0.25, 0.3) is 10.9 Å². The Kier molecular flexibility index (Phi) is 6.74. The van der Waals surface area contributed by atoms with E-state index in [9.17, 15) is 14.0 Å². The molecule has 0 fully saturated rings. The summed E-state index contributed by atoms with van der Waals surface area (Å²) >= 11 is 5.84. The quantitative estimate of drug-likeness (QED) is 0.349. The lowest BCUT2D eigenvalue weighted by atomic mass is 10.1. The number of benzene rings is 2. The van der Waals surface area contributed by atoms with E-state index >= 15 is 0 Å². The molecule has 2 aromatic heterocycles. The lowest BCUT2D eigenvalue weighted by molar-refractivity contribution is 0.112. The molecule has 0 bridgehead atoms. The number of carbonyl (C=O) groups is 1. The van der Waals surface area contributed by atoms with Crippen LogP contribution < -0.4 is 19.8 Å². The van der Waals surface area contributed by atoms with Crippen LogP contribution in [0.15, 0.2) is 53.5 Å². The minimum Gasteiger partial charge on any atom is -0.497 e. The number of hydrogen-bond donors (Lipinski definition) is 0. The average Bonchev–Trinajstić information content (AvgIpc) is 2.86. The van der Waals surface area contributed by atoms with Gasteiger partial charge in [0.1, 0.15) is 40.9 Å². The van der Waals surface area contributed by atoms with Crippen LogP contribution in [-0.4, -0.2) is 35.0 Å². The predicted octanol–water partition coefficient (Wildman–Crippen LogP) is 4.04. The molecule has 0 aliphatic heterocycles. The summed E-state index contributed by atoms with van der Waals surface area (Å²) in [4.78, 5) is 33.4. The van der Waals surface area contributed by atoms with E-state index in [-0.39, 0.29) is 51.9 Å². The second-order valence-electron chi connectivity index (χ2n) is 7.17. The molecule has 4 aromatic rings. The summed E-state index contributed by atoms with van der Waals surface area (Å²) in [6.07, 6.45) is 1.92. The Hall–Kier alpha value is -3.98. The van der Waals surface area contributed by atoms with Crippen LogP contribution in [0.3, 0.4) is 0 Å². The summed E-state index contributed by atoms with van der Waals surface area (Å²) in [5, 5.41) is 0.134. The molecule has 8 nitrogen and oxygen atoms in total. The third-order valence-electron chi connectivity index (χ3n) is 5.17. The van der Waals surface area contributed by atoms with Gasteiger partial charge in [0.05, 0.1) is 31.2 Å². The number of pyridine rings is 1. The molecule has 10 heteroatoms. The molecule has 2 heterocycles. The van der Waals surface area contributed by atoms with Crippen molar-refractivity contribution in [3.05, 3.63) is 86.9 Å². The van der Waals surface area contributed by atoms with Gasteiger partial charge in [-0.15, -0.1) is 0 Å². The highest BCUT2D eigenvalue weighted by atomic mass is 35.5. The topological polar surface area (TPSA) is 92.5 Å². The van der Waals surface area contributed by atoms with Gasteiger partial charge in [0, 0.05) is 23.9 Å². The first-order valence-corrected chi connectivity index (χ1v) is 10.4. The highest BCUT2D eigenvalue weighted by Gasteiger charge is 2.17. The fraction of sp³-hybridized carbons (Fsp3) is 0.167. The highest BCUT2D eigenvalue weighted by Crippen LogP contribution is 2.26. The largest absolute Gasteiger partial charge is 0.497 e. The first-order chi connectivity index (χ1) is 16.4. The molecule has 0 N–H and O–H groups in total. The predicted molar refractivity (Wildman–Crippen MR) is 124 cm³/mol. The molecule has 0 unspecified atom stereocenters. The molecule has 0 aliphatic rings. The van der Waals surface area contributed by atoms with E-state index in [2.05, 4.69) is 9.97 Å². The molecule has 0 radical (unpaired) electrons. The first kappa shape index (κ1) is 23.2. The Morgan fingerprint density at radius 2 is 1.88 bits per heavy atom. The Labute approximate surface area is 198 Å². The third kappa shape index (κ3) is 4.55. The maximum absolute atomic E-state index is 13.5. The third-order valence-corrected chi connectivity index (χ3v) is 5.46. The van der Waals surface area contributed by atoms with Gasteiger partial charge in [-0.1, -0.05) is 11.6 Å². The smallest absolute Gasteiger partial charge is 0.261 e. The molecule has 0 saturated heterocycles.